The summed E-state index contributed by atoms with van der Waals surface area (Å²) in [5.41, 5.74) is 0.852. The molecule has 0 bridgehead atoms. The zero-order valence-electron chi connectivity index (χ0n) is 10.5. The summed E-state index contributed by atoms with van der Waals surface area (Å²) in [5.74, 6) is -2.42. The molecule has 1 aromatic carbocycles. The van der Waals surface area contributed by atoms with Crippen LogP contribution in [0.4, 0.5) is 13.2 Å². The van der Waals surface area contributed by atoms with E-state index in [0.717, 1.165) is 5.56 Å². The van der Waals surface area contributed by atoms with Crippen molar-refractivity contribution in [3.63, 3.8) is 0 Å². The molecule has 0 aliphatic heterocycles. The van der Waals surface area contributed by atoms with E-state index in [1.165, 1.54) is 0 Å². The minimum absolute atomic E-state index is 0.0638. The summed E-state index contributed by atoms with van der Waals surface area (Å²) in [5, 5.41) is 10.5. The van der Waals surface area contributed by atoms with Gasteiger partial charge in [-0.2, -0.15) is 13.2 Å². The molecule has 1 rings (SSSR count). The molecule has 0 aliphatic carbocycles. The summed E-state index contributed by atoms with van der Waals surface area (Å²) in [4.78, 5) is 22.1. The SMILES string of the molecule is O=C(CCc1ccccc1)NC(CC(F)(F)F)C(=O)O. The standard InChI is InChI=1S/C13H14F3NO3/c14-13(15,16)8-10(12(19)20)17-11(18)7-6-9-4-2-1-3-5-9/h1-5,10H,6-8H2,(H,17,18)(H,19,20). The number of aliphatic carboxylic acids is 1. The van der Waals surface area contributed by atoms with Gasteiger partial charge in [0.25, 0.3) is 0 Å². The van der Waals surface area contributed by atoms with Gasteiger partial charge >= 0.3 is 12.1 Å². The molecule has 0 aliphatic rings. The number of carbonyl (C=O) groups is 2. The lowest BCUT2D eigenvalue weighted by Gasteiger charge is -2.16. The Morgan fingerprint density at radius 2 is 1.80 bits per heavy atom. The molecule has 7 heteroatoms. The second kappa shape index (κ2) is 6.93. The zero-order chi connectivity index (χ0) is 15.2. The highest BCUT2D eigenvalue weighted by atomic mass is 19.4. The molecule has 20 heavy (non-hydrogen) atoms. The van der Waals surface area contributed by atoms with Crippen molar-refractivity contribution in [1.82, 2.24) is 5.32 Å². The number of alkyl halides is 3. The first-order valence-corrected chi connectivity index (χ1v) is 5.91. The monoisotopic (exact) mass is 289 g/mol. The maximum Gasteiger partial charge on any atom is 0.391 e. The fourth-order valence-corrected chi connectivity index (χ4v) is 1.60. The van der Waals surface area contributed by atoms with Crippen molar-refractivity contribution in [3.05, 3.63) is 35.9 Å². The molecular weight excluding hydrogens is 275 g/mol. The third-order valence-electron chi connectivity index (χ3n) is 2.55. The van der Waals surface area contributed by atoms with Crippen LogP contribution in [0.1, 0.15) is 18.4 Å². The number of nitrogens with one attached hydrogen (secondary N) is 1. The number of hydrogen-bond donors (Lipinski definition) is 2. The Kier molecular flexibility index (Phi) is 5.54. The lowest BCUT2D eigenvalue weighted by molar-refractivity contribution is -0.160. The van der Waals surface area contributed by atoms with E-state index in [1.54, 1.807) is 30.3 Å². The van der Waals surface area contributed by atoms with Gasteiger partial charge in [0.1, 0.15) is 6.04 Å². The van der Waals surface area contributed by atoms with E-state index in [0.29, 0.717) is 6.42 Å². The molecule has 0 aromatic heterocycles. The van der Waals surface area contributed by atoms with Gasteiger partial charge in [0, 0.05) is 6.42 Å². The molecule has 0 fully saturated rings. The maximum atomic E-state index is 12.2. The Labute approximate surface area is 113 Å². The smallest absolute Gasteiger partial charge is 0.391 e. The molecule has 0 spiro atoms. The molecule has 1 unspecified atom stereocenters. The fourth-order valence-electron chi connectivity index (χ4n) is 1.60. The van der Waals surface area contributed by atoms with Gasteiger partial charge in [0.05, 0.1) is 6.42 Å². The first kappa shape index (κ1) is 16.0. The number of amides is 1. The predicted molar refractivity (Wildman–Crippen MR) is 65.0 cm³/mol. The van der Waals surface area contributed by atoms with Crippen LogP contribution in [0.3, 0.4) is 0 Å². The van der Waals surface area contributed by atoms with E-state index < -0.39 is 30.5 Å². The fraction of sp³-hybridized carbons (Fsp3) is 0.385. The van der Waals surface area contributed by atoms with Gasteiger partial charge in [-0.25, -0.2) is 4.79 Å². The second-order valence-corrected chi connectivity index (χ2v) is 4.26. The number of aryl methyl sites for hydroxylation is 1. The van der Waals surface area contributed by atoms with Crippen LogP contribution in [0.5, 0.6) is 0 Å². The highest BCUT2D eigenvalue weighted by molar-refractivity contribution is 5.83. The Morgan fingerprint density at radius 3 is 2.30 bits per heavy atom. The van der Waals surface area contributed by atoms with E-state index >= 15 is 0 Å². The summed E-state index contributed by atoms with van der Waals surface area (Å²) in [6.07, 6.45) is -5.95. The van der Waals surface area contributed by atoms with Crippen LogP contribution in [0.25, 0.3) is 0 Å². The molecule has 0 saturated carbocycles. The van der Waals surface area contributed by atoms with Gasteiger partial charge in [0.2, 0.25) is 5.91 Å². The van der Waals surface area contributed by atoms with E-state index in [4.69, 9.17) is 5.11 Å². The largest absolute Gasteiger partial charge is 0.480 e. The molecule has 110 valence electrons. The predicted octanol–water partition coefficient (Wildman–Crippen LogP) is 2.14. The number of carboxylic acids is 1. The van der Waals surface area contributed by atoms with Crippen molar-refractivity contribution in [2.45, 2.75) is 31.5 Å². The van der Waals surface area contributed by atoms with Crippen molar-refractivity contribution in [1.29, 1.82) is 0 Å². The molecule has 0 radical (unpaired) electrons. The van der Waals surface area contributed by atoms with Crippen molar-refractivity contribution in [3.8, 4) is 0 Å². The average Bonchev–Trinajstić information content (AvgIpc) is 2.35. The number of carbonyl (C=O) groups excluding carboxylic acids is 1. The molecule has 0 heterocycles. The molecule has 1 atom stereocenters. The third-order valence-corrected chi connectivity index (χ3v) is 2.55. The normalized spacial score (nSPS) is 12.8. The van der Waals surface area contributed by atoms with Crippen LogP contribution < -0.4 is 5.32 Å². The molecule has 1 aromatic rings. The Bertz CT molecular complexity index is 460. The average molecular weight is 289 g/mol. The van der Waals surface area contributed by atoms with Gasteiger partial charge in [-0.3, -0.25) is 4.79 Å². The quantitative estimate of drug-likeness (QED) is 0.843. The Hall–Kier alpha value is -2.05. The second-order valence-electron chi connectivity index (χ2n) is 4.26. The van der Waals surface area contributed by atoms with Gasteiger partial charge in [0.15, 0.2) is 0 Å². The molecule has 4 nitrogen and oxygen atoms in total. The molecule has 2 N–H and O–H groups in total. The number of benzene rings is 1. The lowest BCUT2D eigenvalue weighted by Crippen LogP contribution is -2.43. The van der Waals surface area contributed by atoms with Crippen LogP contribution in [0, 0.1) is 0 Å². The molecule has 0 saturated heterocycles. The summed E-state index contributed by atoms with van der Waals surface area (Å²) < 4.78 is 36.5. The third kappa shape index (κ3) is 6.21. The minimum Gasteiger partial charge on any atom is -0.480 e. The van der Waals surface area contributed by atoms with Crippen LogP contribution in [-0.2, 0) is 16.0 Å². The van der Waals surface area contributed by atoms with Gasteiger partial charge < -0.3 is 10.4 Å². The highest BCUT2D eigenvalue weighted by Crippen LogP contribution is 2.21. The lowest BCUT2D eigenvalue weighted by atomic mass is 10.1. The zero-order valence-corrected chi connectivity index (χ0v) is 10.5. The molecular formula is C13H14F3NO3. The highest BCUT2D eigenvalue weighted by Gasteiger charge is 2.36. The summed E-state index contributed by atoms with van der Waals surface area (Å²) in [6.45, 7) is 0. The molecule has 1 amide bonds. The number of rotatable bonds is 6. The topological polar surface area (TPSA) is 66.4 Å². The maximum absolute atomic E-state index is 12.2. The number of carboxylic acid groups (broad SMARTS) is 1. The Morgan fingerprint density at radius 1 is 1.20 bits per heavy atom. The van der Waals surface area contributed by atoms with E-state index in [-0.39, 0.29) is 6.42 Å². The number of hydrogen-bond acceptors (Lipinski definition) is 2. The summed E-state index contributed by atoms with van der Waals surface area (Å²) in [7, 11) is 0. The van der Waals surface area contributed by atoms with E-state index in [1.807, 2.05) is 5.32 Å². The van der Waals surface area contributed by atoms with E-state index in [9.17, 15) is 22.8 Å². The Balaban J connectivity index is 2.48. The van der Waals surface area contributed by atoms with Crippen molar-refractivity contribution in [2.75, 3.05) is 0 Å². The van der Waals surface area contributed by atoms with Crippen LogP contribution >= 0.6 is 0 Å². The van der Waals surface area contributed by atoms with Gasteiger partial charge in [-0.15, -0.1) is 0 Å². The van der Waals surface area contributed by atoms with Crippen molar-refractivity contribution >= 4 is 11.9 Å². The summed E-state index contributed by atoms with van der Waals surface area (Å²) in [6, 6.07) is 6.95. The van der Waals surface area contributed by atoms with Crippen LogP contribution in [-0.4, -0.2) is 29.2 Å². The van der Waals surface area contributed by atoms with Crippen LogP contribution in [0.15, 0.2) is 30.3 Å². The van der Waals surface area contributed by atoms with Crippen molar-refractivity contribution in [2.24, 2.45) is 0 Å². The first-order valence-electron chi connectivity index (χ1n) is 5.91. The van der Waals surface area contributed by atoms with Crippen LogP contribution in [0.2, 0.25) is 0 Å². The van der Waals surface area contributed by atoms with Crippen molar-refractivity contribution < 1.29 is 27.9 Å². The van der Waals surface area contributed by atoms with Gasteiger partial charge in [-0.1, -0.05) is 30.3 Å². The first-order chi connectivity index (χ1) is 9.28. The van der Waals surface area contributed by atoms with Gasteiger partial charge in [-0.05, 0) is 12.0 Å². The minimum atomic E-state index is -4.64. The summed E-state index contributed by atoms with van der Waals surface area (Å²) >= 11 is 0. The van der Waals surface area contributed by atoms with E-state index in [2.05, 4.69) is 0 Å². The number of halogens is 3.